The number of aryl methyl sites for hydroxylation is 1. The number of nitrogens with zero attached hydrogens (tertiary/aromatic N) is 3. The van der Waals surface area contributed by atoms with Crippen LogP contribution in [0.25, 0.3) is 11.0 Å². The molecule has 6 heteroatoms. The summed E-state index contributed by atoms with van der Waals surface area (Å²) in [5.41, 5.74) is 2.07. The molecule has 1 aliphatic heterocycles. The third-order valence-electron chi connectivity index (χ3n) is 5.78. The highest BCUT2D eigenvalue weighted by molar-refractivity contribution is 5.90. The number of pyridine rings is 1. The van der Waals surface area contributed by atoms with Crippen LogP contribution in [0.4, 0.5) is 5.82 Å². The molecule has 0 aromatic carbocycles. The maximum atomic E-state index is 10.6. The number of hydrogen-bond donors (Lipinski definition) is 1. The second-order valence-electron chi connectivity index (χ2n) is 7.88. The number of amides is 1. The molecule has 0 bridgehead atoms. The van der Waals surface area contributed by atoms with Gasteiger partial charge >= 0.3 is 0 Å². The van der Waals surface area contributed by atoms with Gasteiger partial charge < -0.3 is 19.5 Å². The third kappa shape index (κ3) is 6.73. The van der Waals surface area contributed by atoms with Crippen LogP contribution in [0.3, 0.4) is 0 Å². The molecule has 1 N–H and O–H groups in total. The number of piperazine rings is 1. The fourth-order valence-corrected chi connectivity index (χ4v) is 4.14. The normalized spacial score (nSPS) is 17.6. The summed E-state index contributed by atoms with van der Waals surface area (Å²) in [5, 5.41) is 4.08. The Balaban J connectivity index is 0.000000318. The molecule has 0 unspecified atom stereocenters. The average molecular weight is 419 g/mol. The molecule has 2 aromatic rings. The van der Waals surface area contributed by atoms with Crippen LogP contribution in [0.2, 0.25) is 0 Å². The predicted octanol–water partition coefficient (Wildman–Crippen LogP) is 5.01. The van der Waals surface area contributed by atoms with Crippen molar-refractivity contribution in [1.29, 1.82) is 0 Å². The van der Waals surface area contributed by atoms with E-state index in [0.717, 1.165) is 55.1 Å². The van der Waals surface area contributed by atoms with Crippen LogP contribution in [0.5, 0.6) is 0 Å². The molecule has 2 aromatic heterocycles. The number of furan rings is 1. The van der Waals surface area contributed by atoms with Crippen LogP contribution in [-0.4, -0.2) is 54.6 Å². The van der Waals surface area contributed by atoms with Gasteiger partial charge in [-0.2, -0.15) is 0 Å². The van der Waals surface area contributed by atoms with Crippen molar-refractivity contribution in [1.82, 2.24) is 15.2 Å². The molecule has 30 heavy (non-hydrogen) atoms. The topological polar surface area (TPSA) is 61.6 Å². The molecule has 4 rings (SSSR count). The first-order chi connectivity index (χ1) is 14.6. The Bertz CT molecular complexity index is 766. The zero-order valence-corrected chi connectivity index (χ0v) is 19.5. The number of likely N-dealkylation sites (N-methyl/N-ethyl adjacent to an activating group) is 1. The molecule has 170 valence electrons. The van der Waals surface area contributed by atoms with Crippen molar-refractivity contribution in [2.75, 3.05) is 37.6 Å². The molecule has 0 atom stereocenters. The third-order valence-corrected chi connectivity index (χ3v) is 5.78. The van der Waals surface area contributed by atoms with Crippen LogP contribution in [0.15, 0.2) is 22.9 Å². The van der Waals surface area contributed by atoms with E-state index < -0.39 is 0 Å². The molecule has 0 radical (unpaired) electrons. The first-order valence-corrected chi connectivity index (χ1v) is 11.7. The number of aromatic nitrogens is 1. The van der Waals surface area contributed by atoms with Gasteiger partial charge in [0.05, 0.1) is 11.6 Å². The monoisotopic (exact) mass is 418 g/mol. The highest BCUT2D eigenvalue weighted by atomic mass is 16.3. The highest BCUT2D eigenvalue weighted by Gasteiger charge is 2.19. The van der Waals surface area contributed by atoms with E-state index in [1.807, 2.05) is 33.0 Å². The summed E-state index contributed by atoms with van der Waals surface area (Å²) in [6.07, 6.45) is 9.93. The summed E-state index contributed by atoms with van der Waals surface area (Å²) in [6, 6.07) is 2.50. The molecular formula is C24H42N4O2. The van der Waals surface area contributed by atoms with Gasteiger partial charge in [-0.3, -0.25) is 4.79 Å². The summed E-state index contributed by atoms with van der Waals surface area (Å²) < 4.78 is 5.55. The van der Waals surface area contributed by atoms with Gasteiger partial charge in [-0.05, 0) is 32.4 Å². The van der Waals surface area contributed by atoms with Crippen LogP contribution in [0, 0.1) is 6.92 Å². The van der Waals surface area contributed by atoms with Gasteiger partial charge in [-0.15, -0.1) is 0 Å². The van der Waals surface area contributed by atoms with Gasteiger partial charge in [-0.25, -0.2) is 4.98 Å². The summed E-state index contributed by atoms with van der Waals surface area (Å²) in [5.74, 6) is 1.19. The molecule has 1 amide bonds. The SMILES string of the molecule is CC.CC(=O)NC1CCCCC1.CCN1CCN(c2ncc(C)c3occc23)CC1.[HH]. The average Bonchev–Trinajstić information content (AvgIpc) is 3.27. The fraction of sp³-hybridized carbons (Fsp3) is 0.667. The smallest absolute Gasteiger partial charge is 0.217 e. The molecular weight excluding hydrogens is 376 g/mol. The van der Waals surface area contributed by atoms with Gasteiger partial charge in [0.2, 0.25) is 5.91 Å². The Labute approximate surface area is 183 Å². The number of nitrogens with one attached hydrogen (secondary N) is 1. The van der Waals surface area contributed by atoms with Crippen LogP contribution < -0.4 is 10.2 Å². The molecule has 1 aliphatic carbocycles. The molecule has 3 heterocycles. The first-order valence-electron chi connectivity index (χ1n) is 11.7. The highest BCUT2D eigenvalue weighted by Crippen LogP contribution is 2.28. The minimum atomic E-state index is 0. The first kappa shape index (κ1) is 24.2. The number of anilines is 1. The molecule has 2 fully saturated rings. The fourth-order valence-electron chi connectivity index (χ4n) is 4.14. The Kier molecular flexibility index (Phi) is 10.1. The predicted molar refractivity (Wildman–Crippen MR) is 127 cm³/mol. The molecule has 6 nitrogen and oxygen atoms in total. The Hall–Kier alpha value is -2.08. The minimum absolute atomic E-state index is 0. The van der Waals surface area contributed by atoms with Crippen molar-refractivity contribution in [3.8, 4) is 0 Å². The van der Waals surface area contributed by atoms with Gasteiger partial charge in [0.1, 0.15) is 11.4 Å². The molecule has 2 aliphatic rings. The van der Waals surface area contributed by atoms with Gasteiger partial charge in [0, 0.05) is 52.3 Å². The number of carbonyl (C=O) groups excluding carboxylic acids is 1. The summed E-state index contributed by atoms with van der Waals surface area (Å²) in [6.45, 7) is 15.3. The quantitative estimate of drug-likeness (QED) is 0.759. The van der Waals surface area contributed by atoms with Crippen molar-refractivity contribution in [3.63, 3.8) is 0 Å². The van der Waals surface area contributed by atoms with Crippen molar-refractivity contribution in [3.05, 3.63) is 24.1 Å². The maximum Gasteiger partial charge on any atom is 0.217 e. The lowest BCUT2D eigenvalue weighted by Gasteiger charge is -2.35. The lowest BCUT2D eigenvalue weighted by atomic mass is 9.95. The molecule has 1 saturated heterocycles. The Morgan fingerprint density at radius 3 is 2.47 bits per heavy atom. The van der Waals surface area contributed by atoms with E-state index in [9.17, 15) is 4.79 Å². The van der Waals surface area contributed by atoms with Crippen LogP contribution in [0.1, 0.15) is 66.8 Å². The number of rotatable bonds is 3. The largest absolute Gasteiger partial charge is 0.464 e. The molecule has 0 spiro atoms. The maximum absolute atomic E-state index is 10.6. The zero-order chi connectivity index (χ0) is 21.9. The van der Waals surface area contributed by atoms with Gasteiger partial charge in [0.25, 0.3) is 0 Å². The van der Waals surface area contributed by atoms with E-state index in [2.05, 4.69) is 27.0 Å². The van der Waals surface area contributed by atoms with Crippen LogP contribution in [-0.2, 0) is 4.79 Å². The summed E-state index contributed by atoms with van der Waals surface area (Å²) >= 11 is 0. The zero-order valence-electron chi connectivity index (χ0n) is 19.5. The minimum Gasteiger partial charge on any atom is -0.464 e. The summed E-state index contributed by atoms with van der Waals surface area (Å²) in [7, 11) is 0. The van der Waals surface area contributed by atoms with Crippen LogP contribution >= 0.6 is 0 Å². The number of fused-ring (bicyclic) bond motifs is 1. The Morgan fingerprint density at radius 2 is 1.87 bits per heavy atom. The van der Waals surface area contributed by atoms with E-state index in [1.165, 1.54) is 32.1 Å². The van der Waals surface area contributed by atoms with Crippen molar-refractivity contribution < 1.29 is 10.6 Å². The van der Waals surface area contributed by atoms with E-state index >= 15 is 0 Å². The van der Waals surface area contributed by atoms with Gasteiger partial charge in [0.15, 0.2) is 0 Å². The Morgan fingerprint density at radius 1 is 1.20 bits per heavy atom. The second kappa shape index (κ2) is 12.6. The summed E-state index contributed by atoms with van der Waals surface area (Å²) in [4.78, 5) is 20.0. The van der Waals surface area contributed by atoms with Crippen molar-refractivity contribution in [2.24, 2.45) is 0 Å². The van der Waals surface area contributed by atoms with E-state index in [0.29, 0.717) is 6.04 Å². The second-order valence-corrected chi connectivity index (χ2v) is 7.88. The van der Waals surface area contributed by atoms with Crippen molar-refractivity contribution >= 4 is 22.7 Å². The van der Waals surface area contributed by atoms with Gasteiger partial charge in [-0.1, -0.05) is 40.0 Å². The van der Waals surface area contributed by atoms with E-state index in [1.54, 1.807) is 13.2 Å². The number of carbonyl (C=O) groups is 1. The van der Waals surface area contributed by atoms with Crippen molar-refractivity contribution in [2.45, 2.75) is 72.8 Å². The molecule has 1 saturated carbocycles. The van der Waals surface area contributed by atoms with E-state index in [-0.39, 0.29) is 7.33 Å². The van der Waals surface area contributed by atoms with E-state index in [4.69, 9.17) is 4.42 Å². The standard InChI is InChI=1S/C14H19N3O.C8H15NO.C2H6.H2/c1-3-16-5-7-17(8-6-16)14-12-4-9-18-13(12)11(2)10-15-14;1-7(10)9-8-5-3-2-4-6-8;1-2;/h4,9-10H,3,5-8H2,1-2H3;8H,2-6H2,1H3,(H,9,10);1-2H3;1H. The number of hydrogen-bond acceptors (Lipinski definition) is 5. The lowest BCUT2D eigenvalue weighted by molar-refractivity contribution is -0.119. The lowest BCUT2D eigenvalue weighted by Crippen LogP contribution is -2.46.